The minimum Gasteiger partial charge on any atom is -0.217 e. The van der Waals surface area contributed by atoms with Crippen LogP contribution in [0.5, 0.6) is 0 Å². The van der Waals surface area contributed by atoms with Gasteiger partial charge in [0.1, 0.15) is 0 Å². The summed E-state index contributed by atoms with van der Waals surface area (Å²) in [6, 6.07) is 8.84. The van der Waals surface area contributed by atoms with Crippen LogP contribution in [-0.2, 0) is 6.18 Å². The number of rotatable bonds is 1. The van der Waals surface area contributed by atoms with Crippen LogP contribution in [0.2, 0.25) is 15.7 Å². The molecule has 0 amide bonds. The summed E-state index contributed by atoms with van der Waals surface area (Å²) >= 11 is 20.4. The van der Waals surface area contributed by atoms with Crippen LogP contribution in [0.25, 0.3) is 31.7 Å². The molecule has 0 aliphatic rings. The van der Waals surface area contributed by atoms with Gasteiger partial charge in [0.15, 0.2) is 5.15 Å². The lowest BCUT2D eigenvalue weighted by molar-refractivity contribution is -0.137. The van der Waals surface area contributed by atoms with Gasteiger partial charge < -0.3 is 0 Å². The van der Waals surface area contributed by atoms with Crippen molar-refractivity contribution in [3.05, 3.63) is 67.4 Å². The Balaban J connectivity index is 0.000000183. The van der Waals surface area contributed by atoms with Gasteiger partial charge in [-0.1, -0.05) is 23.7 Å². The van der Waals surface area contributed by atoms with Crippen molar-refractivity contribution in [1.82, 2.24) is 19.9 Å². The second kappa shape index (κ2) is 9.31. The topological polar surface area (TPSA) is 51.6 Å². The molecule has 0 fully saturated rings. The summed E-state index contributed by atoms with van der Waals surface area (Å²) in [6.45, 7) is 3.90. The fourth-order valence-corrected chi connectivity index (χ4v) is 5.53. The molecule has 4 aromatic heterocycles. The Kier molecular flexibility index (Phi) is 6.80. The van der Waals surface area contributed by atoms with Crippen LogP contribution in [0.15, 0.2) is 36.4 Å². The molecule has 0 saturated carbocycles. The Labute approximate surface area is 209 Å². The van der Waals surface area contributed by atoms with Crippen molar-refractivity contribution in [2.45, 2.75) is 20.0 Å². The number of fused-ring (bicyclic) bond motifs is 2. The molecule has 0 N–H and O–H groups in total. The maximum absolute atomic E-state index is 12.8. The van der Waals surface area contributed by atoms with Gasteiger partial charge in [-0.05, 0) is 61.3 Å². The van der Waals surface area contributed by atoms with Gasteiger partial charge in [0.25, 0.3) is 0 Å². The third-order valence-corrected chi connectivity index (χ3v) is 7.17. The highest BCUT2D eigenvalue weighted by Crippen LogP contribution is 2.36. The molecule has 0 unspecified atom stereocenters. The predicted octanol–water partition coefficient (Wildman–Crippen LogP) is 8.65. The van der Waals surface area contributed by atoms with E-state index < -0.39 is 11.7 Å². The number of thiophene rings is 2. The smallest absolute Gasteiger partial charge is 0.217 e. The van der Waals surface area contributed by atoms with Crippen molar-refractivity contribution in [2.75, 3.05) is 0 Å². The maximum atomic E-state index is 12.8. The van der Waals surface area contributed by atoms with Gasteiger partial charge in [0.2, 0.25) is 10.6 Å². The Morgan fingerprint density at radius 3 is 1.97 bits per heavy atom. The number of alkyl halides is 3. The Bertz CT molecular complexity index is 1480. The molecule has 4 heterocycles. The molecule has 0 spiro atoms. The van der Waals surface area contributed by atoms with Gasteiger partial charge in [-0.15, -0.1) is 22.7 Å². The second-order valence-corrected chi connectivity index (χ2v) is 10.4. The van der Waals surface area contributed by atoms with Crippen LogP contribution in [-0.4, -0.2) is 19.9 Å². The molecule has 1 aromatic carbocycles. The largest absolute Gasteiger partial charge is 0.416 e. The summed E-state index contributed by atoms with van der Waals surface area (Å²) in [4.78, 5) is 18.2. The normalized spacial score (nSPS) is 11.6. The van der Waals surface area contributed by atoms with Crippen LogP contribution >= 0.6 is 57.5 Å². The van der Waals surface area contributed by atoms with Gasteiger partial charge in [-0.3, -0.25) is 0 Å². The number of halogens is 6. The van der Waals surface area contributed by atoms with E-state index in [9.17, 15) is 13.2 Å². The SMILES string of the molecule is Cc1cc2nc(Cl)nc(-c3cccc(C(F)(F)F)c3)c2s1.Cc1cc2nc(Cl)nc(Cl)c2s1. The first-order chi connectivity index (χ1) is 15.5. The monoisotopic (exact) mass is 546 g/mol. The summed E-state index contributed by atoms with van der Waals surface area (Å²) in [5, 5.41) is 0.654. The first-order valence-corrected chi connectivity index (χ1v) is 12.0. The highest BCUT2D eigenvalue weighted by atomic mass is 35.5. The number of hydrogen-bond acceptors (Lipinski definition) is 6. The third-order valence-electron chi connectivity index (χ3n) is 4.36. The average Bonchev–Trinajstić information content (AvgIpc) is 3.28. The predicted molar refractivity (Wildman–Crippen MR) is 130 cm³/mol. The molecule has 5 aromatic rings. The van der Waals surface area contributed by atoms with Crippen molar-refractivity contribution in [2.24, 2.45) is 0 Å². The molecule has 0 aliphatic carbocycles. The third kappa shape index (κ3) is 5.38. The molecule has 33 heavy (non-hydrogen) atoms. The van der Waals surface area contributed by atoms with E-state index >= 15 is 0 Å². The van der Waals surface area contributed by atoms with Gasteiger partial charge in [0, 0.05) is 15.3 Å². The molecule has 0 radical (unpaired) electrons. The van der Waals surface area contributed by atoms with E-state index in [1.807, 2.05) is 26.0 Å². The molecule has 12 heteroatoms. The van der Waals surface area contributed by atoms with Crippen molar-refractivity contribution in [3.63, 3.8) is 0 Å². The molecular formula is C21H12Cl3F3N4S2. The molecule has 0 atom stereocenters. The van der Waals surface area contributed by atoms with E-state index in [0.717, 1.165) is 36.8 Å². The summed E-state index contributed by atoms with van der Waals surface area (Å²) in [5.41, 5.74) is 1.55. The fraction of sp³-hybridized carbons (Fsp3) is 0.143. The number of hydrogen-bond donors (Lipinski definition) is 0. The van der Waals surface area contributed by atoms with E-state index in [-0.39, 0.29) is 10.6 Å². The number of benzene rings is 1. The molecular weight excluding hydrogens is 536 g/mol. The lowest BCUT2D eigenvalue weighted by Gasteiger charge is -2.09. The highest BCUT2D eigenvalue weighted by molar-refractivity contribution is 7.19. The quantitative estimate of drug-likeness (QED) is 0.156. The zero-order valence-electron chi connectivity index (χ0n) is 16.8. The van der Waals surface area contributed by atoms with Crippen molar-refractivity contribution < 1.29 is 13.2 Å². The second-order valence-electron chi connectivity index (χ2n) is 6.85. The number of nitrogens with zero attached hydrogens (tertiary/aromatic N) is 4. The van der Waals surface area contributed by atoms with E-state index in [4.69, 9.17) is 34.8 Å². The minimum absolute atomic E-state index is 0.0210. The lowest BCUT2D eigenvalue weighted by Crippen LogP contribution is -2.04. The zero-order chi connectivity index (χ0) is 23.9. The summed E-state index contributed by atoms with van der Waals surface area (Å²) in [7, 11) is 0. The summed E-state index contributed by atoms with van der Waals surface area (Å²) in [6.07, 6.45) is -4.39. The van der Waals surface area contributed by atoms with Crippen LogP contribution in [0.3, 0.4) is 0 Å². The van der Waals surface area contributed by atoms with Crippen molar-refractivity contribution in [3.8, 4) is 11.3 Å². The van der Waals surface area contributed by atoms with Crippen LogP contribution in [0, 0.1) is 13.8 Å². The number of aromatic nitrogens is 4. The first-order valence-electron chi connectivity index (χ1n) is 9.22. The summed E-state index contributed by atoms with van der Waals surface area (Å²) < 4.78 is 40.1. The van der Waals surface area contributed by atoms with E-state index in [1.54, 1.807) is 17.4 Å². The Morgan fingerprint density at radius 1 is 0.758 bits per heavy atom. The molecule has 0 bridgehead atoms. The van der Waals surface area contributed by atoms with Gasteiger partial charge >= 0.3 is 6.18 Å². The first kappa shape index (κ1) is 24.1. The standard InChI is InChI=1S/C14H8ClF3N2S.C7H4Cl2N2S/c1-7-5-10-12(21-7)11(20-13(15)19-10)8-3-2-4-9(6-8)14(16,17)18;1-3-2-4-5(12-3)6(8)11-7(9)10-4/h2-6H,1H3;2H,1H3. The van der Waals surface area contributed by atoms with Gasteiger partial charge in [-0.25, -0.2) is 19.9 Å². The van der Waals surface area contributed by atoms with E-state index in [0.29, 0.717) is 21.9 Å². The van der Waals surface area contributed by atoms with Crippen molar-refractivity contribution >= 4 is 77.9 Å². The van der Waals surface area contributed by atoms with Gasteiger partial charge in [-0.2, -0.15) is 13.2 Å². The zero-order valence-corrected chi connectivity index (χ0v) is 20.7. The van der Waals surface area contributed by atoms with Crippen LogP contribution in [0.1, 0.15) is 15.3 Å². The Hall–Kier alpha value is -2.04. The highest BCUT2D eigenvalue weighted by Gasteiger charge is 2.30. The van der Waals surface area contributed by atoms with E-state index in [2.05, 4.69) is 19.9 Å². The van der Waals surface area contributed by atoms with Crippen LogP contribution in [0.4, 0.5) is 13.2 Å². The molecule has 0 saturated heterocycles. The molecule has 170 valence electrons. The van der Waals surface area contributed by atoms with Gasteiger partial charge in [0.05, 0.1) is 31.7 Å². The average molecular weight is 548 g/mol. The molecule has 5 rings (SSSR count). The summed E-state index contributed by atoms with van der Waals surface area (Å²) in [5.74, 6) is 0. The lowest BCUT2D eigenvalue weighted by atomic mass is 10.1. The maximum Gasteiger partial charge on any atom is 0.416 e. The molecule has 4 nitrogen and oxygen atoms in total. The molecule has 0 aliphatic heterocycles. The fourth-order valence-electron chi connectivity index (χ4n) is 3.05. The van der Waals surface area contributed by atoms with E-state index in [1.165, 1.54) is 17.4 Å². The van der Waals surface area contributed by atoms with Crippen molar-refractivity contribution in [1.29, 1.82) is 0 Å². The minimum atomic E-state index is -4.39. The number of aryl methyl sites for hydroxylation is 2. The van der Waals surface area contributed by atoms with Crippen LogP contribution < -0.4 is 0 Å². The Morgan fingerprint density at radius 2 is 1.33 bits per heavy atom.